The molecule has 0 saturated heterocycles. The third kappa shape index (κ3) is 5.17. The maximum absolute atomic E-state index is 12.2. The molecule has 1 heterocycles. The largest absolute Gasteiger partial charge is 0.444 e. The first-order valence-electron chi connectivity index (χ1n) is 7.20. The highest BCUT2D eigenvalue weighted by Gasteiger charge is 2.17. The molecule has 0 atom stereocenters. The van der Waals surface area contributed by atoms with Gasteiger partial charge in [-0.15, -0.1) is 0 Å². The molecule has 0 radical (unpaired) electrons. The number of nitrogens with zero attached hydrogens (tertiary/aromatic N) is 1. The number of hydrogen-bond acceptors (Lipinski definition) is 5. The fourth-order valence-corrected chi connectivity index (χ4v) is 1.89. The molecule has 1 aromatic heterocycles. The Bertz CT molecular complexity index is 791. The summed E-state index contributed by atoms with van der Waals surface area (Å²) in [6, 6.07) is 6.82. The van der Waals surface area contributed by atoms with Crippen LogP contribution in [0.2, 0.25) is 0 Å². The van der Waals surface area contributed by atoms with E-state index in [2.05, 4.69) is 20.6 Å². The Morgan fingerprint density at radius 2 is 1.79 bits per heavy atom. The van der Waals surface area contributed by atoms with Gasteiger partial charge in [-0.05, 0) is 45.1 Å². The summed E-state index contributed by atoms with van der Waals surface area (Å²) in [5, 5.41) is 5.33. The normalized spacial score (nSPS) is 10.8. The number of hydrogen-bond donors (Lipinski definition) is 3. The molecule has 1 aromatic carbocycles. The molecule has 0 aliphatic rings. The molecule has 0 spiro atoms. The van der Waals surface area contributed by atoms with E-state index in [1.807, 2.05) is 0 Å². The van der Waals surface area contributed by atoms with Crippen molar-refractivity contribution in [1.29, 1.82) is 0 Å². The topological polar surface area (TPSA) is 96.1 Å². The van der Waals surface area contributed by atoms with Crippen molar-refractivity contribution < 1.29 is 14.3 Å². The van der Waals surface area contributed by atoms with Gasteiger partial charge in [-0.1, -0.05) is 12.1 Å². The van der Waals surface area contributed by atoms with E-state index in [1.54, 1.807) is 45.0 Å². The first-order chi connectivity index (χ1) is 11.2. The van der Waals surface area contributed by atoms with Gasteiger partial charge in [-0.3, -0.25) is 10.1 Å². The van der Waals surface area contributed by atoms with Crippen LogP contribution in [0.4, 0.5) is 16.2 Å². The predicted octanol–water partition coefficient (Wildman–Crippen LogP) is 3.74. The van der Waals surface area contributed by atoms with E-state index in [4.69, 9.17) is 17.0 Å². The number of carbonyl (C=O) groups is 2. The van der Waals surface area contributed by atoms with Crippen molar-refractivity contribution in [3.63, 3.8) is 0 Å². The highest BCUT2D eigenvalue weighted by atomic mass is 32.1. The minimum atomic E-state index is -0.615. The molecule has 3 N–H and O–H groups in total. The number of benzene rings is 1. The fourth-order valence-electron chi connectivity index (χ4n) is 1.78. The lowest BCUT2D eigenvalue weighted by Crippen LogP contribution is -2.27. The third-order valence-electron chi connectivity index (χ3n) is 2.75. The molecule has 0 aliphatic carbocycles. The van der Waals surface area contributed by atoms with Crippen molar-refractivity contribution in [2.75, 3.05) is 10.6 Å². The molecule has 0 aliphatic heterocycles. The van der Waals surface area contributed by atoms with Crippen LogP contribution in [0.3, 0.4) is 0 Å². The molecule has 0 saturated carbocycles. The van der Waals surface area contributed by atoms with Gasteiger partial charge in [0.25, 0.3) is 5.91 Å². The van der Waals surface area contributed by atoms with Crippen LogP contribution in [0.1, 0.15) is 31.1 Å². The quantitative estimate of drug-likeness (QED) is 0.736. The van der Waals surface area contributed by atoms with Crippen molar-refractivity contribution in [2.45, 2.75) is 26.4 Å². The van der Waals surface area contributed by atoms with E-state index in [-0.39, 0.29) is 5.91 Å². The number of anilines is 2. The van der Waals surface area contributed by atoms with Gasteiger partial charge in [-0.2, -0.15) is 0 Å². The summed E-state index contributed by atoms with van der Waals surface area (Å²) >= 11 is 4.84. The molecule has 0 bridgehead atoms. The van der Waals surface area contributed by atoms with Crippen LogP contribution in [-0.4, -0.2) is 27.6 Å². The molecule has 126 valence electrons. The molecular weight excluding hydrogens is 328 g/mol. The van der Waals surface area contributed by atoms with Crippen molar-refractivity contribution in [3.05, 3.63) is 47.0 Å². The summed E-state index contributed by atoms with van der Waals surface area (Å²) in [4.78, 5) is 30.7. The van der Waals surface area contributed by atoms with Crippen LogP contribution in [0.25, 0.3) is 0 Å². The maximum atomic E-state index is 12.2. The Hall–Kier alpha value is -2.74. The van der Waals surface area contributed by atoms with Crippen LogP contribution in [0.5, 0.6) is 0 Å². The molecule has 0 unspecified atom stereocenters. The van der Waals surface area contributed by atoms with Crippen LogP contribution >= 0.6 is 12.2 Å². The molecular formula is C16H18N4O3S. The summed E-state index contributed by atoms with van der Waals surface area (Å²) in [5.74, 6) is -0.382. The number of H-pyrrole nitrogens is 1. The highest BCUT2D eigenvalue weighted by molar-refractivity contribution is 7.71. The molecule has 2 aromatic rings. The SMILES string of the molecule is CC(C)(C)OC(=O)Nc1ccccc1NC(=O)c1cnc(=S)[nH]c1. The standard InChI is InChI=1S/C16H18N4O3S/c1-16(2,3)23-15(22)20-12-7-5-4-6-11(12)19-13(21)10-8-17-14(24)18-9-10/h4-9H,1-3H3,(H,19,21)(H,20,22)(H,17,18,24). The van der Waals surface area contributed by atoms with E-state index < -0.39 is 11.7 Å². The van der Waals surface area contributed by atoms with Crippen LogP contribution in [0, 0.1) is 4.77 Å². The lowest BCUT2D eigenvalue weighted by Gasteiger charge is -2.20. The Morgan fingerprint density at radius 3 is 2.33 bits per heavy atom. The third-order valence-corrected chi connectivity index (χ3v) is 2.97. The van der Waals surface area contributed by atoms with Crippen molar-refractivity contribution in [3.8, 4) is 0 Å². The smallest absolute Gasteiger partial charge is 0.412 e. The summed E-state index contributed by atoms with van der Waals surface area (Å²) in [5.41, 5.74) is 0.568. The Labute approximate surface area is 144 Å². The number of ether oxygens (including phenoxy) is 1. The van der Waals surface area contributed by atoms with Gasteiger partial charge >= 0.3 is 6.09 Å². The molecule has 24 heavy (non-hydrogen) atoms. The lowest BCUT2D eigenvalue weighted by atomic mass is 10.2. The first kappa shape index (κ1) is 17.6. The summed E-state index contributed by atoms with van der Waals surface area (Å²) in [7, 11) is 0. The number of aromatic amines is 1. The monoisotopic (exact) mass is 346 g/mol. The van der Waals surface area contributed by atoms with Gasteiger partial charge in [0.2, 0.25) is 0 Å². The summed E-state index contributed by atoms with van der Waals surface area (Å²) in [6.45, 7) is 5.31. The number of aromatic nitrogens is 2. The predicted molar refractivity (Wildman–Crippen MR) is 93.7 cm³/mol. The zero-order valence-electron chi connectivity index (χ0n) is 13.5. The molecule has 8 heteroatoms. The van der Waals surface area contributed by atoms with E-state index in [9.17, 15) is 9.59 Å². The van der Waals surface area contributed by atoms with E-state index in [1.165, 1.54) is 12.4 Å². The second-order valence-corrected chi connectivity index (χ2v) is 6.32. The van der Waals surface area contributed by atoms with Gasteiger partial charge in [-0.25, -0.2) is 9.78 Å². The van der Waals surface area contributed by atoms with Crippen molar-refractivity contribution in [2.24, 2.45) is 0 Å². The summed E-state index contributed by atoms with van der Waals surface area (Å²) < 4.78 is 5.50. The molecule has 2 amide bonds. The lowest BCUT2D eigenvalue weighted by molar-refractivity contribution is 0.0635. The minimum Gasteiger partial charge on any atom is -0.444 e. The Balaban J connectivity index is 2.13. The highest BCUT2D eigenvalue weighted by Crippen LogP contribution is 2.22. The molecule has 0 fully saturated rings. The number of carbonyl (C=O) groups excluding carboxylic acids is 2. The average molecular weight is 346 g/mol. The van der Waals surface area contributed by atoms with Gasteiger partial charge in [0.1, 0.15) is 5.60 Å². The number of nitrogens with one attached hydrogen (secondary N) is 3. The minimum absolute atomic E-state index is 0.290. The van der Waals surface area contributed by atoms with Crippen LogP contribution < -0.4 is 10.6 Å². The Morgan fingerprint density at radius 1 is 1.17 bits per heavy atom. The van der Waals surface area contributed by atoms with Crippen molar-refractivity contribution >= 4 is 35.6 Å². The molecule has 2 rings (SSSR count). The number of rotatable bonds is 3. The van der Waals surface area contributed by atoms with E-state index in [0.717, 1.165) is 0 Å². The number of amides is 2. The van der Waals surface area contributed by atoms with E-state index in [0.29, 0.717) is 21.7 Å². The van der Waals surface area contributed by atoms with Gasteiger partial charge < -0.3 is 15.0 Å². The van der Waals surface area contributed by atoms with Crippen LogP contribution in [0.15, 0.2) is 36.7 Å². The van der Waals surface area contributed by atoms with Gasteiger partial charge in [0, 0.05) is 12.4 Å². The van der Waals surface area contributed by atoms with E-state index >= 15 is 0 Å². The second-order valence-electron chi connectivity index (χ2n) is 5.93. The zero-order chi connectivity index (χ0) is 17.7. The Kier molecular flexibility index (Phi) is 5.30. The zero-order valence-corrected chi connectivity index (χ0v) is 14.4. The van der Waals surface area contributed by atoms with Crippen LogP contribution in [-0.2, 0) is 4.74 Å². The van der Waals surface area contributed by atoms with Crippen molar-refractivity contribution in [1.82, 2.24) is 9.97 Å². The second kappa shape index (κ2) is 7.22. The van der Waals surface area contributed by atoms with Gasteiger partial charge in [0.05, 0.1) is 16.9 Å². The fraction of sp³-hybridized carbons (Fsp3) is 0.250. The summed E-state index contributed by atoms with van der Waals surface area (Å²) in [6.07, 6.45) is 2.24. The first-order valence-corrected chi connectivity index (χ1v) is 7.60. The average Bonchev–Trinajstić information content (AvgIpc) is 2.48. The maximum Gasteiger partial charge on any atom is 0.412 e. The number of para-hydroxylation sites is 2. The molecule has 7 nitrogen and oxygen atoms in total. The van der Waals surface area contributed by atoms with Gasteiger partial charge in [0.15, 0.2) is 4.77 Å².